The molecule has 0 spiro atoms. The second-order valence-corrected chi connectivity index (χ2v) is 10.2. The number of nitrogens with one attached hydrogen (secondary N) is 3. The van der Waals surface area contributed by atoms with Crippen molar-refractivity contribution >= 4 is 34.4 Å². The van der Waals surface area contributed by atoms with E-state index in [2.05, 4.69) is 44.9 Å². The van der Waals surface area contributed by atoms with Crippen LogP contribution in [0, 0.1) is 17.8 Å². The van der Waals surface area contributed by atoms with E-state index in [0.717, 1.165) is 55.0 Å². The normalized spacial score (nSPS) is 25.9. The predicted molar refractivity (Wildman–Crippen MR) is 137 cm³/mol. The van der Waals surface area contributed by atoms with E-state index in [0.29, 0.717) is 22.3 Å². The second kappa shape index (κ2) is 8.84. The van der Waals surface area contributed by atoms with Crippen LogP contribution < -0.4 is 21.1 Å². The number of amides is 1. The van der Waals surface area contributed by atoms with E-state index in [1.165, 1.54) is 5.56 Å². The molecule has 3 aromatic rings. The summed E-state index contributed by atoms with van der Waals surface area (Å²) in [6.45, 7) is 1.98. The zero-order chi connectivity index (χ0) is 24.1. The molecule has 1 amide bonds. The van der Waals surface area contributed by atoms with Crippen LogP contribution in [-0.4, -0.2) is 47.1 Å². The van der Waals surface area contributed by atoms with Crippen molar-refractivity contribution in [3.63, 3.8) is 0 Å². The third-order valence-electron chi connectivity index (χ3n) is 7.87. The average Bonchev–Trinajstić information content (AvgIpc) is 3.61. The van der Waals surface area contributed by atoms with Gasteiger partial charge in [0.05, 0.1) is 29.9 Å². The number of ether oxygens (including phenoxy) is 1. The fourth-order valence-electron chi connectivity index (χ4n) is 6.13. The van der Waals surface area contributed by atoms with E-state index in [1.54, 1.807) is 13.3 Å². The molecule has 4 atom stereocenters. The van der Waals surface area contributed by atoms with Crippen molar-refractivity contribution in [2.24, 2.45) is 23.5 Å². The number of nitrogens with two attached hydrogens (primary N) is 1. The number of rotatable bonds is 6. The van der Waals surface area contributed by atoms with Crippen LogP contribution in [0.25, 0.3) is 22.6 Å². The minimum atomic E-state index is -0.282. The van der Waals surface area contributed by atoms with Gasteiger partial charge >= 0.3 is 0 Å². The first kappa shape index (κ1) is 22.4. The Morgan fingerprint density at radius 2 is 2.03 bits per heavy atom. The van der Waals surface area contributed by atoms with E-state index in [4.69, 9.17) is 27.1 Å². The number of benzene rings is 1. The monoisotopic (exact) mass is 492 g/mol. The molecule has 2 bridgehead atoms. The number of imidazole rings is 1. The summed E-state index contributed by atoms with van der Waals surface area (Å²) in [4.78, 5) is 25.1. The first-order valence-corrected chi connectivity index (χ1v) is 12.6. The Hall–Kier alpha value is -3.10. The van der Waals surface area contributed by atoms with Crippen LogP contribution in [0.2, 0.25) is 5.02 Å². The van der Waals surface area contributed by atoms with E-state index < -0.39 is 0 Å². The van der Waals surface area contributed by atoms with E-state index in [9.17, 15) is 4.79 Å². The molecule has 1 saturated heterocycles. The Morgan fingerprint density at radius 3 is 2.80 bits per heavy atom. The van der Waals surface area contributed by atoms with Gasteiger partial charge in [-0.3, -0.25) is 4.79 Å². The quantitative estimate of drug-likeness (QED) is 0.388. The smallest absolute Gasteiger partial charge is 0.223 e. The number of aromatic amines is 1. The van der Waals surface area contributed by atoms with Crippen LogP contribution in [0.5, 0.6) is 5.75 Å². The second-order valence-electron chi connectivity index (χ2n) is 9.79. The van der Waals surface area contributed by atoms with Gasteiger partial charge in [0.15, 0.2) is 5.65 Å². The van der Waals surface area contributed by atoms with Crippen molar-refractivity contribution in [2.75, 3.05) is 25.5 Å². The summed E-state index contributed by atoms with van der Waals surface area (Å²) in [7, 11) is 1.69. The number of nitrogens with zero attached hydrogens (tertiary/aromatic N) is 2. The molecule has 1 aromatic carbocycles. The van der Waals surface area contributed by atoms with Gasteiger partial charge in [0, 0.05) is 11.6 Å². The van der Waals surface area contributed by atoms with Crippen molar-refractivity contribution in [3.8, 4) is 17.1 Å². The largest absolute Gasteiger partial charge is 0.497 e. The lowest BCUT2D eigenvalue weighted by Gasteiger charge is -2.28. The Kier molecular flexibility index (Phi) is 5.65. The average molecular weight is 493 g/mol. The number of carbonyl (C=O) groups excluding carboxylic acids is 1. The van der Waals surface area contributed by atoms with Crippen LogP contribution in [-0.2, 0) is 4.79 Å². The molecule has 8 nitrogen and oxygen atoms in total. The molecule has 3 aliphatic rings. The third kappa shape index (κ3) is 3.85. The highest BCUT2D eigenvalue weighted by molar-refractivity contribution is 6.34. The Balaban J connectivity index is 1.41. The van der Waals surface area contributed by atoms with E-state index in [-0.39, 0.29) is 29.7 Å². The maximum absolute atomic E-state index is 12.2. The minimum Gasteiger partial charge on any atom is -0.497 e. The highest BCUT2D eigenvalue weighted by atomic mass is 35.5. The van der Waals surface area contributed by atoms with Crippen molar-refractivity contribution in [3.05, 3.63) is 47.1 Å². The van der Waals surface area contributed by atoms with Gasteiger partial charge in [0.1, 0.15) is 17.1 Å². The van der Waals surface area contributed by atoms with Gasteiger partial charge in [-0.2, -0.15) is 0 Å². The van der Waals surface area contributed by atoms with E-state index >= 15 is 0 Å². The van der Waals surface area contributed by atoms with Crippen LogP contribution in [0.4, 0.5) is 5.69 Å². The molecule has 3 heterocycles. The number of piperidine rings is 1. The predicted octanol–water partition coefficient (Wildman–Crippen LogP) is 3.84. The molecule has 5 N–H and O–H groups in total. The van der Waals surface area contributed by atoms with Crippen LogP contribution in [0.1, 0.15) is 30.7 Å². The molecule has 2 fully saturated rings. The maximum Gasteiger partial charge on any atom is 0.223 e. The number of hydrogen-bond acceptors (Lipinski definition) is 6. The number of carbonyl (C=O) groups is 1. The molecule has 4 unspecified atom stereocenters. The number of halogens is 1. The van der Waals surface area contributed by atoms with Crippen LogP contribution in [0.3, 0.4) is 0 Å². The van der Waals surface area contributed by atoms with Crippen molar-refractivity contribution in [1.29, 1.82) is 0 Å². The summed E-state index contributed by atoms with van der Waals surface area (Å²) in [5.41, 5.74) is 10.1. The molecule has 2 aliphatic carbocycles. The number of fused-ring (bicyclic) bond motifs is 3. The number of methoxy groups -OCH3 is 1. The molecular formula is C26H29ClN6O2. The van der Waals surface area contributed by atoms with Crippen LogP contribution >= 0.6 is 11.6 Å². The summed E-state index contributed by atoms with van der Waals surface area (Å²) >= 11 is 6.63. The minimum absolute atomic E-state index is 0.108. The van der Waals surface area contributed by atoms with Gasteiger partial charge in [-0.25, -0.2) is 9.97 Å². The fraction of sp³-hybridized carbons (Fsp3) is 0.423. The summed E-state index contributed by atoms with van der Waals surface area (Å²) in [6.07, 6.45) is 8.95. The SMILES string of the molecule is COc1ccc(-c2nc3ncc(Cl)c(NC4C5C=CC(C5)C4C(N)=O)c3[nH]2)c(C2CCNCC2)c1. The summed E-state index contributed by atoms with van der Waals surface area (Å²) < 4.78 is 5.53. The Labute approximate surface area is 208 Å². The Morgan fingerprint density at radius 1 is 1.23 bits per heavy atom. The standard InChI is InChI=1S/C26H29ClN6O2/c1-35-16-4-5-17(18(11-16)13-6-8-29-9-7-13)25-32-23-22(19(27)12-30-26(23)33-25)31-21-15-3-2-14(10-15)20(21)24(28)34/h2-5,11-15,20-21,29H,6-10H2,1H3,(H2,28,34)(H2,30,31,32,33). The molecule has 9 heteroatoms. The highest BCUT2D eigenvalue weighted by Gasteiger charge is 2.47. The molecule has 0 radical (unpaired) electrons. The molecule has 35 heavy (non-hydrogen) atoms. The lowest BCUT2D eigenvalue weighted by atomic mass is 9.86. The molecule has 1 aliphatic heterocycles. The van der Waals surface area contributed by atoms with Crippen molar-refractivity contribution in [1.82, 2.24) is 20.3 Å². The molecular weight excluding hydrogens is 464 g/mol. The lowest BCUT2D eigenvalue weighted by molar-refractivity contribution is -0.122. The first-order chi connectivity index (χ1) is 17.0. The zero-order valence-electron chi connectivity index (χ0n) is 19.6. The number of aromatic nitrogens is 3. The number of H-pyrrole nitrogens is 1. The van der Waals surface area contributed by atoms with Gasteiger partial charge in [-0.1, -0.05) is 23.8 Å². The van der Waals surface area contributed by atoms with Crippen LogP contribution in [0.15, 0.2) is 36.5 Å². The molecule has 1 saturated carbocycles. The molecule has 6 rings (SSSR count). The third-order valence-corrected chi connectivity index (χ3v) is 8.15. The topological polar surface area (TPSA) is 118 Å². The number of pyridine rings is 1. The fourth-order valence-corrected chi connectivity index (χ4v) is 6.33. The highest BCUT2D eigenvalue weighted by Crippen LogP contribution is 2.46. The molecule has 2 aromatic heterocycles. The first-order valence-electron chi connectivity index (χ1n) is 12.2. The van der Waals surface area contributed by atoms with Gasteiger partial charge < -0.3 is 26.1 Å². The number of allylic oxidation sites excluding steroid dienone is 1. The van der Waals surface area contributed by atoms with Gasteiger partial charge in [-0.05, 0) is 73.9 Å². The number of hydrogen-bond donors (Lipinski definition) is 4. The summed E-state index contributed by atoms with van der Waals surface area (Å²) in [6, 6.07) is 6.04. The summed E-state index contributed by atoms with van der Waals surface area (Å²) in [5.74, 6) is 1.87. The maximum atomic E-state index is 12.2. The van der Waals surface area contributed by atoms with Crippen molar-refractivity contribution < 1.29 is 9.53 Å². The lowest BCUT2D eigenvalue weighted by Crippen LogP contribution is -2.41. The number of primary amides is 1. The van der Waals surface area contributed by atoms with Gasteiger partial charge in [-0.15, -0.1) is 0 Å². The van der Waals surface area contributed by atoms with E-state index in [1.807, 2.05) is 6.07 Å². The molecule has 182 valence electrons. The van der Waals surface area contributed by atoms with Crippen molar-refractivity contribution in [2.45, 2.75) is 31.2 Å². The summed E-state index contributed by atoms with van der Waals surface area (Å²) in [5, 5.41) is 7.47. The number of anilines is 1. The van der Waals surface area contributed by atoms with Gasteiger partial charge in [0.2, 0.25) is 5.91 Å². The Bertz CT molecular complexity index is 1310. The zero-order valence-corrected chi connectivity index (χ0v) is 20.3. The van der Waals surface area contributed by atoms with Gasteiger partial charge in [0.25, 0.3) is 0 Å².